The van der Waals surface area contributed by atoms with Crippen molar-refractivity contribution in [1.82, 2.24) is 15.3 Å². The topological polar surface area (TPSA) is 83.8 Å². The average Bonchev–Trinajstić information content (AvgIpc) is 2.94. The minimum atomic E-state index is -0.305. The minimum absolute atomic E-state index is 0.0780. The number of aromatic nitrogens is 2. The lowest BCUT2D eigenvalue weighted by molar-refractivity contribution is 0.0897. The van der Waals surface area contributed by atoms with Gasteiger partial charge < -0.3 is 16.0 Å². The van der Waals surface area contributed by atoms with Crippen LogP contribution in [0.4, 0.5) is 5.82 Å². The molecule has 0 aliphatic carbocycles. The maximum atomic E-state index is 12.9. The Morgan fingerprint density at radius 3 is 2.54 bits per heavy atom. The number of anilines is 1. The number of fused-ring (bicyclic) bond motifs is 1. The van der Waals surface area contributed by atoms with E-state index in [1.807, 2.05) is 44.2 Å². The van der Waals surface area contributed by atoms with E-state index in [2.05, 4.69) is 15.3 Å². The van der Waals surface area contributed by atoms with E-state index in [9.17, 15) is 4.79 Å². The lowest BCUT2D eigenvalue weighted by Gasteiger charge is -2.30. The number of halogens is 1. The predicted molar refractivity (Wildman–Crippen MR) is 104 cm³/mol. The molecule has 4 rings (SSSR count). The van der Waals surface area contributed by atoms with E-state index in [4.69, 9.17) is 17.3 Å². The lowest BCUT2D eigenvalue weighted by atomic mass is 9.88. The maximum absolute atomic E-state index is 12.9. The quantitative estimate of drug-likeness (QED) is 0.639. The molecular weight excluding hydrogens is 348 g/mol. The number of nitrogens with two attached hydrogens (primary N) is 1. The molecule has 0 radical (unpaired) electrons. The van der Waals surface area contributed by atoms with Crippen LogP contribution in [0.1, 0.15) is 29.9 Å². The van der Waals surface area contributed by atoms with Crippen LogP contribution in [-0.2, 0) is 6.42 Å². The van der Waals surface area contributed by atoms with Crippen molar-refractivity contribution < 1.29 is 4.79 Å². The van der Waals surface area contributed by atoms with E-state index >= 15 is 0 Å². The molecule has 1 aliphatic heterocycles. The largest absolute Gasteiger partial charge is 0.384 e. The number of carbonyl (C=O) groups is 1. The lowest BCUT2D eigenvalue weighted by Crippen LogP contribution is -2.49. The zero-order valence-corrected chi connectivity index (χ0v) is 15.3. The fourth-order valence-electron chi connectivity index (χ4n) is 3.52. The van der Waals surface area contributed by atoms with Gasteiger partial charge in [0.2, 0.25) is 0 Å². The molecule has 0 saturated carbocycles. The van der Waals surface area contributed by atoms with Gasteiger partial charge in [-0.3, -0.25) is 4.79 Å². The highest BCUT2D eigenvalue weighted by Crippen LogP contribution is 2.40. The third kappa shape index (κ3) is 2.84. The second-order valence-electron chi connectivity index (χ2n) is 7.22. The number of nitrogens with one attached hydrogen (secondary N) is 2. The Labute approximate surface area is 156 Å². The fraction of sp³-hybridized carbons (Fsp3) is 0.200. The zero-order chi connectivity index (χ0) is 18.5. The molecule has 6 heteroatoms. The number of H-pyrrole nitrogens is 1. The van der Waals surface area contributed by atoms with Crippen LogP contribution < -0.4 is 11.1 Å². The Kier molecular flexibility index (Phi) is 3.77. The summed E-state index contributed by atoms with van der Waals surface area (Å²) in [4.78, 5) is 20.4. The number of aromatic amines is 1. The van der Waals surface area contributed by atoms with Crippen molar-refractivity contribution in [1.29, 1.82) is 0 Å². The molecule has 0 saturated heterocycles. The van der Waals surface area contributed by atoms with Crippen LogP contribution in [0.15, 0.2) is 42.6 Å². The van der Waals surface area contributed by atoms with Crippen LogP contribution in [0.3, 0.4) is 0 Å². The molecular formula is C20H19ClN4O. The van der Waals surface area contributed by atoms with Gasteiger partial charge in [-0.15, -0.1) is 0 Å². The Morgan fingerprint density at radius 1 is 1.12 bits per heavy atom. The molecule has 1 aromatic carbocycles. The molecule has 0 bridgehead atoms. The van der Waals surface area contributed by atoms with Gasteiger partial charge in [-0.25, -0.2) is 4.98 Å². The summed E-state index contributed by atoms with van der Waals surface area (Å²) in [6.45, 7) is 4.03. The molecule has 5 nitrogen and oxygen atoms in total. The third-order valence-corrected chi connectivity index (χ3v) is 4.83. The standard InChI is InChI=1S/C20H19ClN4O/c1-20(2)10-14-17(19(26)25-20)16(11-3-5-13(21)6-4-11)18(24-14)12-7-8-23-15(22)9-12/h3-9,24H,10H2,1-2H3,(H2,22,23)(H,25,26). The van der Waals surface area contributed by atoms with E-state index in [-0.39, 0.29) is 11.4 Å². The summed E-state index contributed by atoms with van der Waals surface area (Å²) < 4.78 is 0. The first-order chi connectivity index (χ1) is 12.3. The highest BCUT2D eigenvalue weighted by molar-refractivity contribution is 6.30. The second kappa shape index (κ2) is 5.88. The summed E-state index contributed by atoms with van der Waals surface area (Å²) in [6.07, 6.45) is 2.38. The van der Waals surface area contributed by atoms with Gasteiger partial charge in [0.1, 0.15) is 5.82 Å². The summed E-state index contributed by atoms with van der Waals surface area (Å²) in [7, 11) is 0. The number of rotatable bonds is 2. The molecule has 1 amide bonds. The van der Waals surface area contributed by atoms with E-state index in [0.717, 1.165) is 34.5 Å². The normalized spacial score (nSPS) is 15.4. The van der Waals surface area contributed by atoms with Crippen molar-refractivity contribution in [2.75, 3.05) is 5.73 Å². The molecule has 2 aromatic heterocycles. The number of nitrogens with zero attached hydrogens (tertiary/aromatic N) is 1. The van der Waals surface area contributed by atoms with Crippen molar-refractivity contribution in [2.45, 2.75) is 25.8 Å². The van der Waals surface area contributed by atoms with Gasteiger partial charge in [0.25, 0.3) is 5.91 Å². The van der Waals surface area contributed by atoms with Gasteiger partial charge in [0.15, 0.2) is 0 Å². The number of hydrogen-bond acceptors (Lipinski definition) is 3. The number of pyridine rings is 1. The van der Waals surface area contributed by atoms with Crippen LogP contribution in [-0.4, -0.2) is 21.4 Å². The average molecular weight is 367 g/mol. The molecule has 4 N–H and O–H groups in total. The van der Waals surface area contributed by atoms with Gasteiger partial charge in [-0.1, -0.05) is 23.7 Å². The van der Waals surface area contributed by atoms with Gasteiger partial charge in [0, 0.05) is 40.0 Å². The SMILES string of the molecule is CC1(C)Cc2[nH]c(-c3ccnc(N)c3)c(-c3ccc(Cl)cc3)c2C(=O)N1. The first-order valence-corrected chi connectivity index (χ1v) is 8.77. The third-order valence-electron chi connectivity index (χ3n) is 4.58. The number of benzene rings is 1. The number of carbonyl (C=O) groups excluding carboxylic acids is 1. The smallest absolute Gasteiger partial charge is 0.254 e. The number of hydrogen-bond donors (Lipinski definition) is 3. The maximum Gasteiger partial charge on any atom is 0.254 e. The van der Waals surface area contributed by atoms with Gasteiger partial charge in [-0.05, 0) is 43.7 Å². The second-order valence-corrected chi connectivity index (χ2v) is 7.66. The van der Waals surface area contributed by atoms with E-state index in [0.29, 0.717) is 16.4 Å². The van der Waals surface area contributed by atoms with Crippen LogP contribution in [0.5, 0.6) is 0 Å². The van der Waals surface area contributed by atoms with Crippen molar-refractivity contribution in [3.8, 4) is 22.4 Å². The fourth-order valence-corrected chi connectivity index (χ4v) is 3.64. The monoisotopic (exact) mass is 366 g/mol. The molecule has 0 fully saturated rings. The van der Waals surface area contributed by atoms with E-state index in [1.54, 1.807) is 12.3 Å². The van der Waals surface area contributed by atoms with Crippen molar-refractivity contribution >= 4 is 23.3 Å². The molecule has 26 heavy (non-hydrogen) atoms. The summed E-state index contributed by atoms with van der Waals surface area (Å²) in [5.41, 5.74) is 10.7. The first-order valence-electron chi connectivity index (χ1n) is 8.39. The minimum Gasteiger partial charge on any atom is -0.384 e. The number of amides is 1. The molecule has 3 aromatic rings. The highest BCUT2D eigenvalue weighted by Gasteiger charge is 2.35. The molecule has 0 unspecified atom stereocenters. The van der Waals surface area contributed by atoms with Crippen molar-refractivity contribution in [3.05, 3.63) is 58.9 Å². The molecule has 0 spiro atoms. The first kappa shape index (κ1) is 16.7. The van der Waals surface area contributed by atoms with Crippen LogP contribution >= 0.6 is 11.6 Å². The summed E-state index contributed by atoms with van der Waals surface area (Å²) in [5, 5.41) is 3.74. The molecule has 132 valence electrons. The Hall–Kier alpha value is -2.79. The van der Waals surface area contributed by atoms with Gasteiger partial charge in [0.05, 0.1) is 11.3 Å². The predicted octanol–water partition coefficient (Wildman–Crippen LogP) is 4.04. The molecule has 0 atom stereocenters. The summed E-state index contributed by atoms with van der Waals surface area (Å²) in [6, 6.07) is 11.2. The highest BCUT2D eigenvalue weighted by atomic mass is 35.5. The van der Waals surface area contributed by atoms with Crippen LogP contribution in [0.25, 0.3) is 22.4 Å². The zero-order valence-electron chi connectivity index (χ0n) is 14.6. The van der Waals surface area contributed by atoms with Gasteiger partial charge in [-0.2, -0.15) is 0 Å². The van der Waals surface area contributed by atoms with Crippen LogP contribution in [0.2, 0.25) is 5.02 Å². The Bertz CT molecular complexity index is 1010. The number of nitrogen functional groups attached to an aromatic ring is 1. The van der Waals surface area contributed by atoms with Crippen molar-refractivity contribution in [3.63, 3.8) is 0 Å². The Morgan fingerprint density at radius 2 is 1.85 bits per heavy atom. The summed E-state index contributed by atoms with van der Waals surface area (Å²) in [5.74, 6) is 0.354. The summed E-state index contributed by atoms with van der Waals surface area (Å²) >= 11 is 6.05. The van der Waals surface area contributed by atoms with E-state index < -0.39 is 0 Å². The van der Waals surface area contributed by atoms with E-state index in [1.165, 1.54) is 0 Å². The molecule has 1 aliphatic rings. The Balaban J connectivity index is 1.99. The van der Waals surface area contributed by atoms with Gasteiger partial charge >= 0.3 is 0 Å². The van der Waals surface area contributed by atoms with Crippen LogP contribution in [0, 0.1) is 0 Å². The molecule has 3 heterocycles. The van der Waals surface area contributed by atoms with Crippen molar-refractivity contribution in [2.24, 2.45) is 0 Å².